The van der Waals surface area contributed by atoms with E-state index >= 15 is 0 Å². The number of nitrogens with one attached hydrogen (secondary N) is 2. The van der Waals surface area contributed by atoms with Crippen LogP contribution in [0.25, 0.3) is 0 Å². The zero-order chi connectivity index (χ0) is 12.8. The Labute approximate surface area is 100 Å². The van der Waals surface area contributed by atoms with Gasteiger partial charge in [0.25, 0.3) is 5.91 Å². The number of hydrogen-bond acceptors (Lipinski definition) is 5. The lowest BCUT2D eigenvalue weighted by Crippen LogP contribution is -2.52. The van der Waals surface area contributed by atoms with Gasteiger partial charge in [0.15, 0.2) is 0 Å². The van der Waals surface area contributed by atoms with E-state index in [0.29, 0.717) is 13.1 Å². The SMILES string of the molecule is CC(=O)NNC(=O)CN1CC(C)OC(CO)C1. The molecule has 1 saturated heterocycles. The Morgan fingerprint density at radius 3 is 2.71 bits per heavy atom. The molecule has 1 fully saturated rings. The first-order chi connectivity index (χ1) is 8.01. The zero-order valence-corrected chi connectivity index (χ0v) is 10.1. The van der Waals surface area contributed by atoms with E-state index in [9.17, 15) is 9.59 Å². The van der Waals surface area contributed by atoms with Crippen LogP contribution in [0, 0.1) is 0 Å². The second-order valence-electron chi connectivity index (χ2n) is 4.17. The van der Waals surface area contributed by atoms with Gasteiger partial charge in [-0.2, -0.15) is 0 Å². The van der Waals surface area contributed by atoms with E-state index in [-0.39, 0.29) is 37.2 Å². The molecular weight excluding hydrogens is 226 g/mol. The third kappa shape index (κ3) is 5.12. The summed E-state index contributed by atoms with van der Waals surface area (Å²) in [5.74, 6) is -0.604. The quantitative estimate of drug-likeness (QED) is 0.512. The number of amides is 2. The average molecular weight is 245 g/mol. The Bertz CT molecular complexity index is 285. The number of ether oxygens (including phenoxy) is 1. The molecule has 0 aromatic heterocycles. The van der Waals surface area contributed by atoms with Gasteiger partial charge in [-0.1, -0.05) is 0 Å². The first-order valence-corrected chi connectivity index (χ1v) is 5.55. The maximum absolute atomic E-state index is 11.4. The monoisotopic (exact) mass is 245 g/mol. The van der Waals surface area contributed by atoms with Gasteiger partial charge in [0.2, 0.25) is 5.91 Å². The third-order valence-corrected chi connectivity index (χ3v) is 2.35. The van der Waals surface area contributed by atoms with Gasteiger partial charge in [-0.15, -0.1) is 0 Å². The number of aliphatic hydroxyl groups is 1. The van der Waals surface area contributed by atoms with Crippen LogP contribution in [0.3, 0.4) is 0 Å². The van der Waals surface area contributed by atoms with Gasteiger partial charge in [-0.3, -0.25) is 25.3 Å². The summed E-state index contributed by atoms with van der Waals surface area (Å²) >= 11 is 0. The molecule has 0 saturated carbocycles. The van der Waals surface area contributed by atoms with Crippen LogP contribution in [-0.2, 0) is 14.3 Å². The van der Waals surface area contributed by atoms with Crippen LogP contribution in [0.4, 0.5) is 0 Å². The molecule has 0 aromatic rings. The molecule has 0 spiro atoms. The standard InChI is InChI=1S/C10H19N3O4/c1-7-3-13(4-9(6-14)17-7)5-10(16)12-11-8(2)15/h7,9,14H,3-6H2,1-2H3,(H,11,15)(H,12,16). The molecule has 0 aliphatic carbocycles. The molecule has 1 heterocycles. The van der Waals surface area contributed by atoms with Gasteiger partial charge in [0.05, 0.1) is 25.4 Å². The Morgan fingerprint density at radius 2 is 2.12 bits per heavy atom. The van der Waals surface area contributed by atoms with Crippen LogP contribution in [0.1, 0.15) is 13.8 Å². The molecule has 2 atom stereocenters. The van der Waals surface area contributed by atoms with Crippen molar-refractivity contribution in [1.29, 1.82) is 0 Å². The fraction of sp³-hybridized carbons (Fsp3) is 0.800. The van der Waals surface area contributed by atoms with E-state index in [2.05, 4.69) is 10.9 Å². The van der Waals surface area contributed by atoms with Gasteiger partial charge < -0.3 is 9.84 Å². The van der Waals surface area contributed by atoms with Crippen LogP contribution in [0.15, 0.2) is 0 Å². The first kappa shape index (κ1) is 13.9. The summed E-state index contributed by atoms with van der Waals surface area (Å²) in [6.45, 7) is 4.45. The molecule has 1 rings (SSSR count). The van der Waals surface area contributed by atoms with Crippen LogP contribution in [-0.4, -0.2) is 60.3 Å². The highest BCUT2D eigenvalue weighted by Gasteiger charge is 2.25. The summed E-state index contributed by atoms with van der Waals surface area (Å²) < 4.78 is 5.45. The van der Waals surface area contributed by atoms with Crippen molar-refractivity contribution in [2.45, 2.75) is 26.1 Å². The minimum atomic E-state index is -0.318. The van der Waals surface area contributed by atoms with Crippen molar-refractivity contribution in [3.63, 3.8) is 0 Å². The van der Waals surface area contributed by atoms with E-state index in [0.717, 1.165) is 0 Å². The molecular formula is C10H19N3O4. The van der Waals surface area contributed by atoms with Gasteiger partial charge in [0.1, 0.15) is 0 Å². The molecule has 98 valence electrons. The van der Waals surface area contributed by atoms with Crippen LogP contribution < -0.4 is 10.9 Å². The van der Waals surface area contributed by atoms with Crippen molar-refractivity contribution >= 4 is 11.8 Å². The lowest BCUT2D eigenvalue weighted by atomic mass is 10.2. The smallest absolute Gasteiger partial charge is 0.252 e. The second kappa shape index (κ2) is 6.53. The first-order valence-electron chi connectivity index (χ1n) is 5.55. The van der Waals surface area contributed by atoms with Crippen molar-refractivity contribution in [1.82, 2.24) is 15.8 Å². The Kier molecular flexibility index (Phi) is 5.33. The maximum Gasteiger partial charge on any atom is 0.252 e. The molecule has 1 aliphatic rings. The lowest BCUT2D eigenvalue weighted by molar-refractivity contribution is -0.132. The molecule has 17 heavy (non-hydrogen) atoms. The summed E-state index contributed by atoms with van der Waals surface area (Å²) in [7, 11) is 0. The Balaban J connectivity index is 2.34. The number of aliphatic hydroxyl groups excluding tert-OH is 1. The minimum Gasteiger partial charge on any atom is -0.394 e. The van der Waals surface area contributed by atoms with Gasteiger partial charge in [-0.25, -0.2) is 0 Å². The molecule has 1 aliphatic heterocycles. The number of hydrazine groups is 1. The highest BCUT2D eigenvalue weighted by Crippen LogP contribution is 2.09. The van der Waals surface area contributed by atoms with E-state index in [1.165, 1.54) is 6.92 Å². The third-order valence-electron chi connectivity index (χ3n) is 2.35. The summed E-state index contributed by atoms with van der Waals surface area (Å²) in [5, 5.41) is 9.03. The predicted octanol–water partition coefficient (Wildman–Crippen LogP) is -1.76. The maximum atomic E-state index is 11.4. The van der Waals surface area contributed by atoms with Crippen LogP contribution in [0.5, 0.6) is 0 Å². The number of rotatable bonds is 3. The summed E-state index contributed by atoms with van der Waals surface area (Å²) in [6, 6.07) is 0. The van der Waals surface area contributed by atoms with Gasteiger partial charge >= 0.3 is 0 Å². The molecule has 0 aromatic carbocycles. The lowest BCUT2D eigenvalue weighted by Gasteiger charge is -2.35. The van der Waals surface area contributed by atoms with Crippen molar-refractivity contribution in [3.8, 4) is 0 Å². The normalized spacial score (nSPS) is 25.4. The van der Waals surface area contributed by atoms with Gasteiger partial charge in [-0.05, 0) is 6.92 Å². The molecule has 2 amide bonds. The van der Waals surface area contributed by atoms with Crippen molar-refractivity contribution in [2.75, 3.05) is 26.2 Å². The van der Waals surface area contributed by atoms with E-state index in [1.54, 1.807) is 0 Å². The number of carbonyl (C=O) groups excluding carboxylic acids is 2. The predicted molar refractivity (Wildman–Crippen MR) is 59.8 cm³/mol. The van der Waals surface area contributed by atoms with Crippen molar-refractivity contribution in [2.24, 2.45) is 0 Å². The summed E-state index contributed by atoms with van der Waals surface area (Å²) in [4.78, 5) is 23.9. The number of morpholine rings is 1. The van der Waals surface area contributed by atoms with E-state index in [4.69, 9.17) is 9.84 Å². The fourth-order valence-corrected chi connectivity index (χ4v) is 1.77. The highest BCUT2D eigenvalue weighted by atomic mass is 16.5. The van der Waals surface area contributed by atoms with E-state index in [1.807, 2.05) is 11.8 Å². The molecule has 2 unspecified atom stereocenters. The molecule has 0 radical (unpaired) electrons. The van der Waals surface area contributed by atoms with Gasteiger partial charge in [0, 0.05) is 20.0 Å². The van der Waals surface area contributed by atoms with Crippen molar-refractivity contribution in [3.05, 3.63) is 0 Å². The average Bonchev–Trinajstić information content (AvgIpc) is 2.25. The Hall–Kier alpha value is -1.18. The largest absolute Gasteiger partial charge is 0.394 e. The molecule has 3 N–H and O–H groups in total. The number of carbonyl (C=O) groups is 2. The fourth-order valence-electron chi connectivity index (χ4n) is 1.77. The topological polar surface area (TPSA) is 90.9 Å². The summed E-state index contributed by atoms with van der Waals surface area (Å²) in [6.07, 6.45) is -0.276. The van der Waals surface area contributed by atoms with Crippen molar-refractivity contribution < 1.29 is 19.4 Å². The summed E-state index contributed by atoms with van der Waals surface area (Å²) in [5.41, 5.74) is 4.52. The Morgan fingerprint density at radius 1 is 1.41 bits per heavy atom. The zero-order valence-electron chi connectivity index (χ0n) is 10.1. The molecule has 0 bridgehead atoms. The highest BCUT2D eigenvalue weighted by molar-refractivity contribution is 5.81. The number of nitrogens with zero attached hydrogens (tertiary/aromatic N) is 1. The van der Waals surface area contributed by atoms with Crippen LogP contribution in [0.2, 0.25) is 0 Å². The second-order valence-corrected chi connectivity index (χ2v) is 4.17. The van der Waals surface area contributed by atoms with E-state index < -0.39 is 0 Å². The molecule has 7 nitrogen and oxygen atoms in total. The minimum absolute atomic E-state index is 0.0190. The number of hydrogen-bond donors (Lipinski definition) is 3. The molecule has 7 heteroatoms. The van der Waals surface area contributed by atoms with Crippen LogP contribution >= 0.6 is 0 Å².